The summed E-state index contributed by atoms with van der Waals surface area (Å²) in [7, 11) is 0. The number of aryl methyl sites for hydroxylation is 1. The van der Waals surface area contributed by atoms with Crippen LogP contribution < -0.4 is 15.5 Å². The molecule has 3 heterocycles. The van der Waals surface area contributed by atoms with Crippen LogP contribution >= 0.6 is 11.6 Å². The zero-order valence-electron chi connectivity index (χ0n) is 17.8. The van der Waals surface area contributed by atoms with Crippen molar-refractivity contribution >= 4 is 29.3 Å². The lowest BCUT2D eigenvalue weighted by Crippen LogP contribution is -2.28. The fraction of sp³-hybridized carbons (Fsp3) is 0.348. The predicted molar refractivity (Wildman–Crippen MR) is 123 cm³/mol. The number of halogens is 1. The smallest absolute Gasteiger partial charge is 0.256 e. The normalized spacial score (nSPS) is 18.9. The number of benzene rings is 1. The quantitative estimate of drug-likeness (QED) is 0.571. The van der Waals surface area contributed by atoms with Crippen molar-refractivity contribution in [1.82, 2.24) is 25.3 Å². The van der Waals surface area contributed by atoms with Crippen molar-refractivity contribution in [2.75, 3.05) is 23.3 Å². The Morgan fingerprint density at radius 3 is 2.69 bits per heavy atom. The van der Waals surface area contributed by atoms with Crippen LogP contribution in [0.15, 0.2) is 42.9 Å². The molecule has 2 aliphatic rings. The highest BCUT2D eigenvalue weighted by Crippen LogP contribution is 2.45. The maximum atomic E-state index is 12.9. The van der Waals surface area contributed by atoms with Gasteiger partial charge in [-0.25, -0.2) is 15.0 Å². The molecule has 2 N–H and O–H groups in total. The molecule has 0 bridgehead atoms. The van der Waals surface area contributed by atoms with E-state index in [-0.39, 0.29) is 12.5 Å². The van der Waals surface area contributed by atoms with Gasteiger partial charge in [0, 0.05) is 43.2 Å². The van der Waals surface area contributed by atoms with Gasteiger partial charge in [-0.1, -0.05) is 23.7 Å². The first-order valence-corrected chi connectivity index (χ1v) is 11.1. The Balaban J connectivity index is 1.35. The largest absolute Gasteiger partial charge is 0.365 e. The number of piperidine rings is 1. The number of hydrogen-bond donors (Lipinski definition) is 2. The zero-order valence-corrected chi connectivity index (χ0v) is 18.5. The number of nitrogens with zero attached hydrogens (tertiary/aromatic N) is 5. The number of carbonyl (C=O) groups is 1. The highest BCUT2D eigenvalue weighted by molar-refractivity contribution is 6.31. The van der Waals surface area contributed by atoms with E-state index in [1.807, 2.05) is 25.1 Å². The molecule has 1 aliphatic carbocycles. The summed E-state index contributed by atoms with van der Waals surface area (Å²) in [6.07, 6.45) is 6.19. The van der Waals surface area contributed by atoms with Crippen molar-refractivity contribution in [3.05, 3.63) is 70.4 Å². The first kappa shape index (κ1) is 20.6. The molecule has 2 unspecified atom stereocenters. The second kappa shape index (κ2) is 8.70. The summed E-state index contributed by atoms with van der Waals surface area (Å²) in [5, 5.41) is 6.88. The summed E-state index contributed by atoms with van der Waals surface area (Å²) in [6.45, 7) is 4.65. The predicted octanol–water partition coefficient (Wildman–Crippen LogP) is 3.23. The van der Waals surface area contributed by atoms with Crippen LogP contribution in [0, 0.1) is 18.8 Å². The van der Waals surface area contributed by atoms with Gasteiger partial charge in [-0.15, -0.1) is 0 Å². The summed E-state index contributed by atoms with van der Waals surface area (Å²) < 4.78 is 0. The highest BCUT2D eigenvalue weighted by atomic mass is 35.5. The third-order valence-electron chi connectivity index (χ3n) is 6.00. The van der Waals surface area contributed by atoms with E-state index in [4.69, 9.17) is 16.6 Å². The van der Waals surface area contributed by atoms with Crippen molar-refractivity contribution in [3.63, 3.8) is 0 Å². The lowest BCUT2D eigenvalue weighted by molar-refractivity contribution is 0.0950. The van der Waals surface area contributed by atoms with Crippen LogP contribution in [0.4, 0.5) is 11.8 Å². The first-order valence-electron chi connectivity index (χ1n) is 10.7. The van der Waals surface area contributed by atoms with E-state index in [0.717, 1.165) is 36.1 Å². The van der Waals surface area contributed by atoms with E-state index in [9.17, 15) is 4.79 Å². The van der Waals surface area contributed by atoms with Crippen molar-refractivity contribution in [1.29, 1.82) is 0 Å². The van der Waals surface area contributed by atoms with E-state index in [1.165, 1.54) is 6.42 Å². The third-order valence-corrected chi connectivity index (χ3v) is 6.41. The molecule has 1 saturated heterocycles. The molecule has 164 valence electrons. The Kier molecular flexibility index (Phi) is 5.61. The second-order valence-electron chi connectivity index (χ2n) is 8.38. The minimum Gasteiger partial charge on any atom is -0.365 e. The van der Waals surface area contributed by atoms with Gasteiger partial charge in [-0.05, 0) is 48.4 Å². The van der Waals surface area contributed by atoms with Crippen molar-refractivity contribution < 1.29 is 4.79 Å². The molecule has 5 rings (SSSR count). The number of nitrogens with one attached hydrogen (secondary N) is 2. The van der Waals surface area contributed by atoms with Gasteiger partial charge in [0.1, 0.15) is 17.2 Å². The Morgan fingerprint density at radius 2 is 1.94 bits per heavy atom. The average Bonchev–Trinajstić information content (AvgIpc) is 3.43. The van der Waals surface area contributed by atoms with Gasteiger partial charge in [0.15, 0.2) is 0 Å². The number of rotatable bonds is 7. The standard InChI is InChI=1S/C23H24ClN7O/c1-14-3-4-15(7-19(14)24)9-27-21-18(22(32)28-11-20-25-5-2-6-26-20)10-29-23(30-21)31-12-16-8-17(16)13-31/h2-7,10,16-17H,8-9,11-13H2,1H3,(H,28,32)(H,27,29,30). The number of hydrogen-bond acceptors (Lipinski definition) is 7. The molecular formula is C23H24ClN7O. The van der Waals surface area contributed by atoms with Gasteiger partial charge in [0.05, 0.1) is 6.54 Å². The molecule has 3 aromatic rings. The van der Waals surface area contributed by atoms with E-state index >= 15 is 0 Å². The van der Waals surface area contributed by atoms with Crippen LogP contribution in [-0.2, 0) is 13.1 Å². The number of carbonyl (C=O) groups excluding carboxylic acids is 1. The molecular weight excluding hydrogens is 426 g/mol. The van der Waals surface area contributed by atoms with Crippen LogP contribution in [0.2, 0.25) is 5.02 Å². The molecule has 1 saturated carbocycles. The molecule has 1 aromatic carbocycles. The van der Waals surface area contributed by atoms with Crippen LogP contribution in [0.25, 0.3) is 0 Å². The molecule has 8 nitrogen and oxygen atoms in total. The highest BCUT2D eigenvalue weighted by Gasteiger charge is 2.45. The van der Waals surface area contributed by atoms with Crippen LogP contribution in [0.5, 0.6) is 0 Å². The summed E-state index contributed by atoms with van der Waals surface area (Å²) >= 11 is 6.27. The Hall–Kier alpha value is -3.26. The molecule has 0 spiro atoms. The summed E-state index contributed by atoms with van der Waals surface area (Å²) in [5.41, 5.74) is 2.41. The number of fused-ring (bicyclic) bond motifs is 1. The van der Waals surface area contributed by atoms with E-state index in [2.05, 4.69) is 30.5 Å². The Labute approximate surface area is 191 Å². The molecule has 32 heavy (non-hydrogen) atoms. The van der Waals surface area contributed by atoms with Gasteiger partial charge in [-0.2, -0.15) is 4.98 Å². The van der Waals surface area contributed by atoms with Gasteiger partial charge in [0.25, 0.3) is 5.91 Å². The molecule has 2 aromatic heterocycles. The molecule has 2 fully saturated rings. The van der Waals surface area contributed by atoms with E-state index in [0.29, 0.717) is 34.7 Å². The number of anilines is 2. The van der Waals surface area contributed by atoms with Gasteiger partial charge < -0.3 is 15.5 Å². The van der Waals surface area contributed by atoms with Gasteiger partial charge in [0.2, 0.25) is 5.95 Å². The van der Waals surface area contributed by atoms with E-state index in [1.54, 1.807) is 24.7 Å². The molecule has 9 heteroatoms. The van der Waals surface area contributed by atoms with Gasteiger partial charge in [-0.3, -0.25) is 4.79 Å². The molecule has 2 atom stereocenters. The van der Waals surface area contributed by atoms with Crippen molar-refractivity contribution in [2.24, 2.45) is 11.8 Å². The zero-order chi connectivity index (χ0) is 22.1. The molecule has 1 amide bonds. The lowest BCUT2D eigenvalue weighted by atomic mass is 10.1. The number of aromatic nitrogens is 4. The fourth-order valence-electron chi connectivity index (χ4n) is 4.00. The molecule has 0 radical (unpaired) electrons. The summed E-state index contributed by atoms with van der Waals surface area (Å²) in [6, 6.07) is 7.65. The van der Waals surface area contributed by atoms with E-state index < -0.39 is 0 Å². The first-order chi connectivity index (χ1) is 15.6. The molecule has 1 aliphatic heterocycles. The lowest BCUT2D eigenvalue weighted by Gasteiger charge is -2.20. The van der Waals surface area contributed by atoms with Crippen LogP contribution in [0.3, 0.4) is 0 Å². The van der Waals surface area contributed by atoms with Crippen LogP contribution in [0.1, 0.15) is 33.7 Å². The Bertz CT molecular complexity index is 1130. The summed E-state index contributed by atoms with van der Waals surface area (Å²) in [5.74, 6) is 2.94. The topological polar surface area (TPSA) is 95.9 Å². The van der Waals surface area contributed by atoms with Crippen LogP contribution in [-0.4, -0.2) is 38.9 Å². The minimum absolute atomic E-state index is 0.226. The maximum absolute atomic E-state index is 12.9. The Morgan fingerprint density at radius 1 is 1.16 bits per heavy atom. The fourth-order valence-corrected chi connectivity index (χ4v) is 4.20. The van der Waals surface area contributed by atoms with Crippen molar-refractivity contribution in [3.8, 4) is 0 Å². The summed E-state index contributed by atoms with van der Waals surface area (Å²) in [4.78, 5) is 32.6. The number of amides is 1. The van der Waals surface area contributed by atoms with Gasteiger partial charge >= 0.3 is 0 Å². The van der Waals surface area contributed by atoms with Crippen molar-refractivity contribution in [2.45, 2.75) is 26.4 Å². The monoisotopic (exact) mass is 449 g/mol. The second-order valence-corrected chi connectivity index (χ2v) is 8.79. The average molecular weight is 450 g/mol. The third kappa shape index (κ3) is 4.50. The minimum atomic E-state index is -0.280. The maximum Gasteiger partial charge on any atom is 0.256 e. The SMILES string of the molecule is Cc1ccc(CNc2nc(N3CC4CC4C3)ncc2C(=O)NCc2ncccn2)cc1Cl.